The third-order valence-electron chi connectivity index (χ3n) is 6.40. The second-order valence-electron chi connectivity index (χ2n) is 9.93. The van der Waals surface area contributed by atoms with Gasteiger partial charge < -0.3 is 18.8 Å². The van der Waals surface area contributed by atoms with E-state index < -0.39 is 88.9 Å². The first kappa shape index (κ1) is 37.2. The highest BCUT2D eigenvalue weighted by Crippen LogP contribution is 2.50. The standard InChI is InChI=1S/C26H22N4O14P2S4/c31-29(32)20-7-11-22(12-8-20)43-45(35,36)17-27(49(39,40)25-6-3-15-47-25)28(50(41,42)26-16-19-4-1-2-5-24(19)48-26)18-46(37,38)44-23-13-9-21(10-14-23)30(33)34/h1-16H,17-18H2,(H,35,36)(H,37,38). The molecule has 5 rings (SSSR count). The van der Waals surface area contributed by atoms with Crippen molar-refractivity contribution in [1.82, 2.24) is 8.83 Å². The Balaban J connectivity index is 1.62. The zero-order valence-corrected chi connectivity index (χ0v) is 29.8. The lowest BCUT2D eigenvalue weighted by Gasteiger charge is -2.33. The average molecular weight is 805 g/mol. The van der Waals surface area contributed by atoms with E-state index in [2.05, 4.69) is 0 Å². The molecular formula is C26H22N4O14P2S4. The normalized spacial score (nSPS) is 14.6. The highest BCUT2D eigenvalue weighted by molar-refractivity contribution is 7.94. The van der Waals surface area contributed by atoms with Crippen LogP contribution in [0, 0.1) is 20.2 Å². The Hall–Kier alpha value is -4.08. The zero-order chi connectivity index (χ0) is 36.5. The van der Waals surface area contributed by atoms with Gasteiger partial charge >= 0.3 is 15.2 Å². The van der Waals surface area contributed by atoms with Crippen LogP contribution in [-0.2, 0) is 29.2 Å². The number of benzene rings is 3. The van der Waals surface area contributed by atoms with E-state index in [1.165, 1.54) is 17.5 Å². The first-order valence-electron chi connectivity index (χ1n) is 13.5. The van der Waals surface area contributed by atoms with Gasteiger partial charge in [0.05, 0.1) is 9.85 Å². The lowest BCUT2D eigenvalue weighted by molar-refractivity contribution is -0.385. The number of nitro benzene ring substituents is 2. The Labute approximate surface area is 290 Å². The lowest BCUT2D eigenvalue weighted by atomic mass is 10.3. The van der Waals surface area contributed by atoms with Crippen molar-refractivity contribution in [1.29, 1.82) is 0 Å². The molecule has 0 bridgehead atoms. The summed E-state index contributed by atoms with van der Waals surface area (Å²) in [6.07, 6.45) is -3.30. The molecule has 0 radical (unpaired) electrons. The molecule has 2 N–H and O–H groups in total. The van der Waals surface area contributed by atoms with Gasteiger partial charge in [-0.2, -0.15) is 0 Å². The van der Waals surface area contributed by atoms with E-state index in [1.807, 2.05) is 0 Å². The van der Waals surface area contributed by atoms with E-state index in [0.29, 0.717) is 32.8 Å². The highest BCUT2D eigenvalue weighted by Gasteiger charge is 2.47. The molecule has 0 amide bonds. The number of nitrogens with zero attached hydrogens (tertiary/aromatic N) is 4. The molecule has 0 saturated heterocycles. The third kappa shape index (κ3) is 8.44. The number of hydrogen-bond donors (Lipinski definition) is 2. The van der Waals surface area contributed by atoms with E-state index >= 15 is 0 Å². The van der Waals surface area contributed by atoms with Crippen LogP contribution in [0.2, 0.25) is 0 Å². The Bertz CT molecular complexity index is 2340. The van der Waals surface area contributed by atoms with Crippen LogP contribution in [0.5, 0.6) is 11.5 Å². The summed E-state index contributed by atoms with van der Waals surface area (Å²) in [5, 5.41) is 23.8. The SMILES string of the molecule is O=[N+]([O-])c1ccc(OP(=O)(O)CN(N(CP(=O)(O)Oc2ccc([N+](=O)[O-])cc2)S(=O)(=O)c2cc3ccccc3s2)S(=O)(=O)c2cccs2)cc1. The van der Waals surface area contributed by atoms with Gasteiger partial charge in [0.15, 0.2) is 0 Å². The minimum Gasteiger partial charge on any atom is -0.424 e. The van der Waals surface area contributed by atoms with Crippen LogP contribution in [0.3, 0.4) is 0 Å². The molecular weight excluding hydrogens is 783 g/mol. The van der Waals surface area contributed by atoms with Gasteiger partial charge in [-0.05, 0) is 53.2 Å². The summed E-state index contributed by atoms with van der Waals surface area (Å²) >= 11 is 1.28. The molecule has 18 nitrogen and oxygen atoms in total. The topological polar surface area (TPSA) is 254 Å². The number of rotatable bonds is 15. The summed E-state index contributed by atoms with van der Waals surface area (Å²) in [5.41, 5.74) is -0.807. The molecule has 0 saturated carbocycles. The quantitative estimate of drug-likeness (QED) is 0.0719. The second-order valence-corrected chi connectivity index (χ2v) is 19.6. The number of hydrazine groups is 1. The minimum absolute atomic E-state index is 0.0823. The van der Waals surface area contributed by atoms with Gasteiger partial charge in [0.1, 0.15) is 32.5 Å². The number of thiophene rings is 2. The largest absolute Gasteiger partial charge is 0.424 e. The summed E-state index contributed by atoms with van der Waals surface area (Å²) in [5.74, 6) is -0.856. The predicted molar refractivity (Wildman–Crippen MR) is 181 cm³/mol. The van der Waals surface area contributed by atoms with Gasteiger partial charge in [-0.3, -0.25) is 20.2 Å². The number of non-ortho nitro benzene ring substituents is 2. The molecule has 2 heterocycles. The monoisotopic (exact) mass is 804 g/mol. The van der Waals surface area contributed by atoms with Gasteiger partial charge in [-0.15, -0.1) is 31.5 Å². The van der Waals surface area contributed by atoms with E-state index in [1.54, 1.807) is 24.3 Å². The van der Waals surface area contributed by atoms with Crippen LogP contribution in [0.15, 0.2) is 105 Å². The lowest BCUT2D eigenvalue weighted by Crippen LogP contribution is -2.50. The molecule has 2 unspecified atom stereocenters. The molecule has 2 aromatic heterocycles. The van der Waals surface area contributed by atoms with E-state index in [4.69, 9.17) is 9.05 Å². The maximum Gasteiger partial charge on any atom is 0.393 e. The molecule has 0 spiro atoms. The van der Waals surface area contributed by atoms with Crippen LogP contribution in [-0.4, -0.2) is 57.9 Å². The first-order chi connectivity index (χ1) is 23.4. The molecule has 0 aliphatic carbocycles. The molecule has 2 atom stereocenters. The van der Waals surface area contributed by atoms with E-state index in [-0.39, 0.29) is 8.83 Å². The van der Waals surface area contributed by atoms with E-state index in [0.717, 1.165) is 54.6 Å². The Morgan fingerprint density at radius 3 is 1.56 bits per heavy atom. The zero-order valence-electron chi connectivity index (χ0n) is 24.8. The summed E-state index contributed by atoms with van der Waals surface area (Å²) in [6.45, 7) is 0. The Morgan fingerprint density at radius 1 is 0.680 bits per heavy atom. The highest BCUT2D eigenvalue weighted by atomic mass is 32.3. The summed E-state index contributed by atoms with van der Waals surface area (Å²) in [7, 11) is -20.9. The predicted octanol–water partition coefficient (Wildman–Crippen LogP) is 5.82. The van der Waals surface area contributed by atoms with Gasteiger partial charge in [0.2, 0.25) is 0 Å². The average Bonchev–Trinajstić information content (AvgIpc) is 3.75. The summed E-state index contributed by atoms with van der Waals surface area (Å²) in [6, 6.07) is 17.4. The smallest absolute Gasteiger partial charge is 0.393 e. The van der Waals surface area contributed by atoms with Crippen molar-refractivity contribution in [3.05, 3.63) is 117 Å². The van der Waals surface area contributed by atoms with Gasteiger partial charge in [0.25, 0.3) is 31.4 Å². The summed E-state index contributed by atoms with van der Waals surface area (Å²) in [4.78, 5) is 42.5. The minimum atomic E-state index is -5.31. The number of hydrogen-bond acceptors (Lipinski definition) is 14. The second kappa shape index (κ2) is 14.3. The maximum absolute atomic E-state index is 14.3. The van der Waals surface area contributed by atoms with Crippen molar-refractivity contribution < 1.29 is 54.6 Å². The number of nitro groups is 2. The third-order valence-corrected chi connectivity index (χ3v) is 15.5. The van der Waals surface area contributed by atoms with Crippen molar-refractivity contribution >= 4 is 79.4 Å². The van der Waals surface area contributed by atoms with Crippen molar-refractivity contribution in [3.8, 4) is 11.5 Å². The number of sulfonamides is 2. The molecule has 24 heteroatoms. The Kier molecular flexibility index (Phi) is 10.6. The molecule has 0 aliphatic heterocycles. The fourth-order valence-electron chi connectivity index (χ4n) is 4.19. The molecule has 3 aromatic carbocycles. The van der Waals surface area contributed by atoms with Crippen LogP contribution in [0.25, 0.3) is 10.1 Å². The van der Waals surface area contributed by atoms with E-state index in [9.17, 15) is 56.0 Å². The molecule has 0 fully saturated rings. The van der Waals surface area contributed by atoms with Crippen molar-refractivity contribution in [2.45, 2.75) is 8.42 Å². The van der Waals surface area contributed by atoms with Crippen LogP contribution < -0.4 is 9.05 Å². The fourth-order valence-corrected chi connectivity index (χ4v) is 13.5. The van der Waals surface area contributed by atoms with Crippen LogP contribution in [0.4, 0.5) is 11.4 Å². The first-order valence-corrected chi connectivity index (χ1v) is 21.6. The van der Waals surface area contributed by atoms with Crippen LogP contribution >= 0.6 is 37.9 Å². The van der Waals surface area contributed by atoms with Gasteiger partial charge in [0, 0.05) is 29.0 Å². The maximum atomic E-state index is 14.3. The fraction of sp³-hybridized carbons (Fsp3) is 0.0769. The van der Waals surface area contributed by atoms with Gasteiger partial charge in [-0.25, -0.2) is 26.0 Å². The van der Waals surface area contributed by atoms with Crippen molar-refractivity contribution in [2.24, 2.45) is 0 Å². The van der Waals surface area contributed by atoms with Crippen molar-refractivity contribution in [3.63, 3.8) is 0 Å². The summed E-state index contributed by atoms with van der Waals surface area (Å²) < 4.78 is 93.4. The molecule has 0 aliphatic rings. The molecule has 50 heavy (non-hydrogen) atoms. The van der Waals surface area contributed by atoms with Gasteiger partial charge in [-0.1, -0.05) is 24.3 Å². The number of fused-ring (bicyclic) bond motifs is 1. The Morgan fingerprint density at radius 2 is 1.14 bits per heavy atom. The molecule has 5 aromatic rings. The van der Waals surface area contributed by atoms with Crippen molar-refractivity contribution in [2.75, 3.05) is 12.6 Å². The van der Waals surface area contributed by atoms with Crippen LogP contribution in [0.1, 0.15) is 0 Å². The molecule has 264 valence electrons.